The Kier molecular flexibility index (Phi) is 5.11. The van der Waals surface area contributed by atoms with Crippen molar-refractivity contribution < 1.29 is 23.0 Å². The summed E-state index contributed by atoms with van der Waals surface area (Å²) in [6.07, 6.45) is -5.98. The molecule has 0 spiro atoms. The van der Waals surface area contributed by atoms with E-state index in [4.69, 9.17) is 4.74 Å². The van der Waals surface area contributed by atoms with Crippen molar-refractivity contribution in [2.45, 2.75) is 31.7 Å². The maximum atomic E-state index is 12.5. The van der Waals surface area contributed by atoms with Crippen molar-refractivity contribution in [1.29, 1.82) is 0 Å². The molecule has 1 saturated heterocycles. The molecule has 1 aromatic rings. The van der Waals surface area contributed by atoms with Crippen LogP contribution in [-0.4, -0.2) is 42.5 Å². The van der Waals surface area contributed by atoms with Gasteiger partial charge in [0.05, 0.1) is 7.11 Å². The van der Waals surface area contributed by atoms with Crippen LogP contribution in [0.5, 0.6) is 5.75 Å². The molecule has 3 nitrogen and oxygen atoms in total. The van der Waals surface area contributed by atoms with Crippen LogP contribution in [0.15, 0.2) is 24.3 Å². The summed E-state index contributed by atoms with van der Waals surface area (Å²) in [5.74, 6) is 0.0847. The predicted octanol–water partition coefficient (Wildman–Crippen LogP) is 2.83. The van der Waals surface area contributed by atoms with E-state index in [2.05, 4.69) is 4.90 Å². The van der Waals surface area contributed by atoms with Gasteiger partial charge in [-0.15, -0.1) is 0 Å². The molecule has 0 aromatic heterocycles. The van der Waals surface area contributed by atoms with Crippen LogP contribution in [0, 0.1) is 5.92 Å². The second-order valence-corrected chi connectivity index (χ2v) is 5.45. The molecule has 1 atom stereocenters. The summed E-state index contributed by atoms with van der Waals surface area (Å²) >= 11 is 0. The Labute approximate surface area is 122 Å². The minimum atomic E-state index is -4.51. The van der Waals surface area contributed by atoms with Crippen molar-refractivity contribution in [2.24, 2.45) is 5.92 Å². The molecule has 1 aliphatic heterocycles. The van der Waals surface area contributed by atoms with Gasteiger partial charge < -0.3 is 9.84 Å². The molecule has 0 radical (unpaired) electrons. The fraction of sp³-hybridized carbons (Fsp3) is 0.600. The highest BCUT2D eigenvalue weighted by Crippen LogP contribution is 2.32. The molecular weight excluding hydrogens is 283 g/mol. The third kappa shape index (κ3) is 4.35. The minimum absolute atomic E-state index is 0.366. The van der Waals surface area contributed by atoms with E-state index >= 15 is 0 Å². The summed E-state index contributed by atoms with van der Waals surface area (Å²) in [7, 11) is 1.60. The average molecular weight is 303 g/mol. The highest BCUT2D eigenvalue weighted by atomic mass is 19.4. The van der Waals surface area contributed by atoms with Gasteiger partial charge in [-0.3, -0.25) is 4.90 Å². The molecule has 6 heteroatoms. The van der Waals surface area contributed by atoms with Crippen LogP contribution in [-0.2, 0) is 6.54 Å². The highest BCUT2D eigenvalue weighted by Gasteiger charge is 2.44. The fourth-order valence-electron chi connectivity index (χ4n) is 2.72. The Morgan fingerprint density at radius 1 is 1.33 bits per heavy atom. The molecule has 0 amide bonds. The van der Waals surface area contributed by atoms with E-state index in [1.807, 2.05) is 24.3 Å². The van der Waals surface area contributed by atoms with E-state index in [0.29, 0.717) is 32.5 Å². The molecule has 0 saturated carbocycles. The summed E-state index contributed by atoms with van der Waals surface area (Å²) in [6, 6.07) is 7.65. The predicted molar refractivity (Wildman–Crippen MR) is 73.1 cm³/mol. The Morgan fingerprint density at radius 2 is 2.00 bits per heavy atom. The van der Waals surface area contributed by atoms with Crippen LogP contribution in [0.1, 0.15) is 18.4 Å². The van der Waals surface area contributed by atoms with Crippen molar-refractivity contribution in [3.63, 3.8) is 0 Å². The third-order valence-corrected chi connectivity index (χ3v) is 3.95. The Morgan fingerprint density at radius 3 is 2.57 bits per heavy atom. The number of aliphatic hydroxyl groups excluding tert-OH is 1. The Bertz CT molecular complexity index is 456. The van der Waals surface area contributed by atoms with E-state index in [1.54, 1.807) is 7.11 Å². The number of benzene rings is 1. The number of rotatable bonds is 4. The number of halogens is 3. The number of nitrogens with zero attached hydrogens (tertiary/aromatic N) is 1. The molecular formula is C15H20F3NO2. The Hall–Kier alpha value is -1.27. The van der Waals surface area contributed by atoms with E-state index in [-0.39, 0.29) is 0 Å². The molecule has 0 aliphatic carbocycles. The standard InChI is InChI=1S/C15H20F3NO2/c1-21-13-4-2-3-11(9-13)10-19-7-5-12(6-8-19)14(20)15(16,17)18/h2-4,9,12,14,20H,5-8,10H2,1H3. The SMILES string of the molecule is COc1cccc(CN2CCC(C(O)C(F)(F)F)CC2)c1. The van der Waals surface area contributed by atoms with Gasteiger partial charge >= 0.3 is 6.18 Å². The van der Waals surface area contributed by atoms with Gasteiger partial charge in [-0.05, 0) is 49.5 Å². The van der Waals surface area contributed by atoms with Crippen LogP contribution >= 0.6 is 0 Å². The molecule has 0 bridgehead atoms. The summed E-state index contributed by atoms with van der Waals surface area (Å²) in [5, 5.41) is 9.29. The van der Waals surface area contributed by atoms with E-state index in [9.17, 15) is 18.3 Å². The molecule has 1 heterocycles. The molecule has 21 heavy (non-hydrogen) atoms. The largest absolute Gasteiger partial charge is 0.497 e. The van der Waals surface area contributed by atoms with Crippen LogP contribution < -0.4 is 4.74 Å². The minimum Gasteiger partial charge on any atom is -0.497 e. The lowest BCUT2D eigenvalue weighted by Gasteiger charge is -2.34. The van der Waals surface area contributed by atoms with Gasteiger partial charge in [-0.2, -0.15) is 13.2 Å². The second-order valence-electron chi connectivity index (χ2n) is 5.45. The number of likely N-dealkylation sites (tertiary alicyclic amines) is 1. The summed E-state index contributed by atoms with van der Waals surface area (Å²) in [5.41, 5.74) is 1.07. The molecule has 1 aromatic carbocycles. The van der Waals surface area contributed by atoms with Crippen molar-refractivity contribution in [2.75, 3.05) is 20.2 Å². The lowest BCUT2D eigenvalue weighted by Crippen LogP contribution is -2.43. The molecule has 1 aliphatic rings. The number of piperidine rings is 1. The van der Waals surface area contributed by atoms with E-state index in [0.717, 1.165) is 11.3 Å². The first-order valence-corrected chi connectivity index (χ1v) is 7.00. The van der Waals surface area contributed by atoms with Gasteiger partial charge in [0.2, 0.25) is 0 Å². The number of hydrogen-bond acceptors (Lipinski definition) is 3. The van der Waals surface area contributed by atoms with Gasteiger partial charge in [0.25, 0.3) is 0 Å². The maximum absolute atomic E-state index is 12.5. The fourth-order valence-corrected chi connectivity index (χ4v) is 2.72. The summed E-state index contributed by atoms with van der Waals surface area (Å²) in [4.78, 5) is 2.11. The van der Waals surface area contributed by atoms with Gasteiger partial charge in [0, 0.05) is 6.54 Å². The number of hydrogen-bond donors (Lipinski definition) is 1. The van der Waals surface area contributed by atoms with Gasteiger partial charge in [-0.1, -0.05) is 12.1 Å². The summed E-state index contributed by atoms with van der Waals surface area (Å²) in [6.45, 7) is 1.82. The van der Waals surface area contributed by atoms with Crippen LogP contribution in [0.4, 0.5) is 13.2 Å². The first kappa shape index (κ1) is 16.1. The second kappa shape index (κ2) is 6.66. The number of alkyl halides is 3. The molecule has 1 unspecified atom stereocenters. The van der Waals surface area contributed by atoms with Gasteiger partial charge in [0.15, 0.2) is 6.10 Å². The zero-order valence-corrected chi connectivity index (χ0v) is 11.9. The molecule has 2 rings (SSSR count). The maximum Gasteiger partial charge on any atom is 0.414 e. The first-order valence-electron chi connectivity index (χ1n) is 7.00. The lowest BCUT2D eigenvalue weighted by atomic mass is 9.90. The van der Waals surface area contributed by atoms with Crippen LogP contribution in [0.2, 0.25) is 0 Å². The number of ether oxygens (including phenoxy) is 1. The highest BCUT2D eigenvalue weighted by molar-refractivity contribution is 5.28. The topological polar surface area (TPSA) is 32.7 Å². The molecule has 1 fully saturated rings. The number of methoxy groups -OCH3 is 1. The first-order chi connectivity index (χ1) is 9.90. The summed E-state index contributed by atoms with van der Waals surface area (Å²) < 4.78 is 42.6. The smallest absolute Gasteiger partial charge is 0.414 e. The van der Waals surface area contributed by atoms with Crippen molar-refractivity contribution in [3.05, 3.63) is 29.8 Å². The number of aliphatic hydroxyl groups is 1. The Balaban J connectivity index is 1.86. The van der Waals surface area contributed by atoms with Gasteiger partial charge in [0.1, 0.15) is 5.75 Å². The van der Waals surface area contributed by atoms with Crippen LogP contribution in [0.3, 0.4) is 0 Å². The third-order valence-electron chi connectivity index (χ3n) is 3.95. The van der Waals surface area contributed by atoms with Crippen molar-refractivity contribution in [3.8, 4) is 5.75 Å². The molecule has 118 valence electrons. The average Bonchev–Trinajstić information content (AvgIpc) is 2.46. The lowest BCUT2D eigenvalue weighted by molar-refractivity contribution is -0.223. The van der Waals surface area contributed by atoms with Gasteiger partial charge in [-0.25, -0.2) is 0 Å². The zero-order valence-electron chi connectivity index (χ0n) is 11.9. The van der Waals surface area contributed by atoms with E-state index < -0.39 is 18.2 Å². The zero-order chi connectivity index (χ0) is 15.5. The van der Waals surface area contributed by atoms with Crippen molar-refractivity contribution in [1.82, 2.24) is 4.90 Å². The van der Waals surface area contributed by atoms with Crippen LogP contribution in [0.25, 0.3) is 0 Å². The van der Waals surface area contributed by atoms with Crippen molar-refractivity contribution >= 4 is 0 Å². The van der Waals surface area contributed by atoms with E-state index in [1.165, 1.54) is 0 Å². The quantitative estimate of drug-likeness (QED) is 0.928. The normalized spacial score (nSPS) is 19.5. The molecule has 1 N–H and O–H groups in total. The monoisotopic (exact) mass is 303 g/mol.